The van der Waals surface area contributed by atoms with Gasteiger partial charge in [-0.15, -0.1) is 0 Å². The van der Waals surface area contributed by atoms with Crippen molar-refractivity contribution in [3.05, 3.63) is 34.2 Å². The average Bonchev–Trinajstić information content (AvgIpc) is 2.75. The summed E-state index contributed by atoms with van der Waals surface area (Å²) >= 11 is 1.88. The molecule has 1 fully saturated rings. The number of aromatic amines is 1. The normalized spacial score (nSPS) is 17.5. The van der Waals surface area contributed by atoms with E-state index in [9.17, 15) is 18.0 Å². The molecule has 0 unspecified atom stereocenters. The van der Waals surface area contributed by atoms with E-state index in [0.29, 0.717) is 23.5 Å². The Morgan fingerprint density at radius 3 is 2.67 bits per heavy atom. The van der Waals surface area contributed by atoms with Gasteiger partial charge in [-0.2, -0.15) is 24.9 Å². The van der Waals surface area contributed by atoms with Crippen LogP contribution >= 0.6 is 11.8 Å². The van der Waals surface area contributed by atoms with Crippen LogP contribution in [0.1, 0.15) is 18.4 Å². The molecule has 7 heteroatoms. The molecule has 0 radical (unpaired) electrons. The number of halogens is 3. The van der Waals surface area contributed by atoms with Gasteiger partial charge >= 0.3 is 11.9 Å². The fourth-order valence-electron chi connectivity index (χ4n) is 2.70. The number of hydrogen-bond donors (Lipinski definition) is 1. The lowest BCUT2D eigenvalue weighted by Crippen LogP contribution is -2.24. The van der Waals surface area contributed by atoms with Crippen LogP contribution in [-0.2, 0) is 12.7 Å². The quantitative estimate of drug-likeness (QED) is 0.921. The summed E-state index contributed by atoms with van der Waals surface area (Å²) in [5.74, 6) is 2.46. The van der Waals surface area contributed by atoms with Crippen molar-refractivity contribution in [2.24, 2.45) is 5.92 Å². The van der Waals surface area contributed by atoms with Gasteiger partial charge in [0.25, 0.3) is 0 Å². The predicted octanol–water partition coefficient (Wildman–Crippen LogP) is 3.49. The van der Waals surface area contributed by atoms with Gasteiger partial charge in [0.2, 0.25) is 0 Å². The number of nitrogens with one attached hydrogen (secondary N) is 1. The highest BCUT2D eigenvalue weighted by Gasteiger charge is 2.31. The number of fused-ring (bicyclic) bond motifs is 1. The molecule has 0 bridgehead atoms. The summed E-state index contributed by atoms with van der Waals surface area (Å²) in [4.78, 5) is 14.6. The van der Waals surface area contributed by atoms with Crippen LogP contribution in [0, 0.1) is 5.92 Å². The maximum Gasteiger partial charge on any atom is 0.416 e. The minimum atomic E-state index is -4.40. The number of hydrogen-bond acceptors (Lipinski definition) is 2. The number of imidazole rings is 1. The lowest BCUT2D eigenvalue weighted by molar-refractivity contribution is -0.137. The number of H-pyrrole nitrogens is 1. The molecule has 3 rings (SSSR count). The van der Waals surface area contributed by atoms with E-state index in [1.807, 2.05) is 11.8 Å². The van der Waals surface area contributed by atoms with Crippen LogP contribution in [0.5, 0.6) is 0 Å². The number of alkyl halides is 3. The summed E-state index contributed by atoms with van der Waals surface area (Å²) in [5, 5.41) is 0. The lowest BCUT2D eigenvalue weighted by atomic mass is 10.0. The van der Waals surface area contributed by atoms with Crippen molar-refractivity contribution >= 4 is 22.8 Å². The van der Waals surface area contributed by atoms with Crippen molar-refractivity contribution in [1.29, 1.82) is 0 Å². The van der Waals surface area contributed by atoms with Crippen LogP contribution in [0.2, 0.25) is 0 Å². The monoisotopic (exact) mass is 316 g/mol. The second-order valence-electron chi connectivity index (χ2n) is 5.33. The topological polar surface area (TPSA) is 37.8 Å². The molecule has 2 aromatic rings. The molecule has 1 N–H and O–H groups in total. The molecule has 0 spiro atoms. The summed E-state index contributed by atoms with van der Waals surface area (Å²) in [6.45, 7) is 0.487. The van der Waals surface area contributed by atoms with E-state index in [0.717, 1.165) is 36.5 Å². The molecule has 0 amide bonds. The van der Waals surface area contributed by atoms with Gasteiger partial charge in [-0.05, 0) is 48.5 Å². The van der Waals surface area contributed by atoms with Gasteiger partial charge in [0, 0.05) is 6.54 Å². The number of benzene rings is 1. The molecule has 0 aliphatic carbocycles. The van der Waals surface area contributed by atoms with Gasteiger partial charge < -0.3 is 4.98 Å². The van der Waals surface area contributed by atoms with Crippen LogP contribution in [0.4, 0.5) is 13.2 Å². The van der Waals surface area contributed by atoms with E-state index in [4.69, 9.17) is 0 Å². The third-order valence-corrected chi connectivity index (χ3v) is 4.93. The zero-order chi connectivity index (χ0) is 15.0. The average molecular weight is 316 g/mol. The van der Waals surface area contributed by atoms with Crippen LogP contribution in [-0.4, -0.2) is 21.1 Å². The van der Waals surface area contributed by atoms with Crippen LogP contribution in [0.15, 0.2) is 23.0 Å². The van der Waals surface area contributed by atoms with Crippen LogP contribution in [0.3, 0.4) is 0 Å². The van der Waals surface area contributed by atoms with Crippen molar-refractivity contribution in [2.75, 3.05) is 11.5 Å². The van der Waals surface area contributed by atoms with Gasteiger partial charge in [-0.25, -0.2) is 4.79 Å². The molecule has 0 saturated carbocycles. The standard InChI is InChI=1S/C14H15F3N2OS/c15-14(16,17)10-1-2-11-12(7-10)19(13(20)18-11)8-9-3-5-21-6-4-9/h1-2,7,9H,3-6,8H2,(H,18,20). The van der Waals surface area contributed by atoms with E-state index >= 15 is 0 Å². The van der Waals surface area contributed by atoms with Gasteiger partial charge in [-0.1, -0.05) is 0 Å². The van der Waals surface area contributed by atoms with Crippen molar-refractivity contribution in [3.63, 3.8) is 0 Å². The Labute approximate surface area is 123 Å². The molecule has 1 aliphatic rings. The third kappa shape index (κ3) is 2.97. The number of thioether (sulfide) groups is 1. The summed E-state index contributed by atoms with van der Waals surface area (Å²) in [7, 11) is 0. The molecule has 21 heavy (non-hydrogen) atoms. The maximum absolute atomic E-state index is 12.8. The van der Waals surface area contributed by atoms with Gasteiger partial charge in [0.15, 0.2) is 0 Å². The second-order valence-corrected chi connectivity index (χ2v) is 6.55. The molecule has 2 heterocycles. The highest BCUT2D eigenvalue weighted by Crippen LogP contribution is 2.31. The highest BCUT2D eigenvalue weighted by molar-refractivity contribution is 7.99. The van der Waals surface area contributed by atoms with Crippen molar-refractivity contribution in [1.82, 2.24) is 9.55 Å². The zero-order valence-corrected chi connectivity index (χ0v) is 12.1. The molecule has 3 nitrogen and oxygen atoms in total. The van der Waals surface area contributed by atoms with E-state index < -0.39 is 11.7 Å². The van der Waals surface area contributed by atoms with E-state index in [-0.39, 0.29) is 5.69 Å². The second kappa shape index (κ2) is 5.44. The van der Waals surface area contributed by atoms with Crippen molar-refractivity contribution in [2.45, 2.75) is 25.6 Å². The fourth-order valence-corrected chi connectivity index (χ4v) is 3.90. The first-order valence-corrected chi connectivity index (χ1v) is 7.98. The van der Waals surface area contributed by atoms with Crippen molar-refractivity contribution in [3.8, 4) is 0 Å². The molecule has 114 valence electrons. The Hall–Kier alpha value is -1.37. The van der Waals surface area contributed by atoms with Crippen molar-refractivity contribution < 1.29 is 13.2 Å². The molecule has 0 atom stereocenters. The molecular weight excluding hydrogens is 301 g/mol. The SMILES string of the molecule is O=c1[nH]c2ccc(C(F)(F)F)cc2n1CC1CCSCC1. The molecule has 1 aromatic carbocycles. The maximum atomic E-state index is 12.8. The van der Waals surface area contributed by atoms with E-state index in [2.05, 4.69) is 4.98 Å². The first kappa shape index (κ1) is 14.6. The summed E-state index contributed by atoms with van der Waals surface area (Å²) in [5.41, 5.74) is -0.254. The van der Waals surface area contributed by atoms with Crippen LogP contribution in [0.25, 0.3) is 11.0 Å². The Kier molecular flexibility index (Phi) is 3.77. The smallest absolute Gasteiger partial charge is 0.306 e. The van der Waals surface area contributed by atoms with Gasteiger partial charge in [-0.3, -0.25) is 4.57 Å². The first-order chi connectivity index (χ1) is 9.95. The fraction of sp³-hybridized carbons (Fsp3) is 0.500. The number of rotatable bonds is 2. The Balaban J connectivity index is 2.00. The zero-order valence-electron chi connectivity index (χ0n) is 11.2. The summed E-state index contributed by atoms with van der Waals surface area (Å²) in [6, 6.07) is 3.39. The molecule has 1 aromatic heterocycles. The van der Waals surface area contributed by atoms with E-state index in [1.165, 1.54) is 10.6 Å². The van der Waals surface area contributed by atoms with Gasteiger partial charge in [0.05, 0.1) is 16.6 Å². The predicted molar refractivity (Wildman–Crippen MR) is 77.6 cm³/mol. The molecule has 1 saturated heterocycles. The molecular formula is C14H15F3N2OS. The third-order valence-electron chi connectivity index (χ3n) is 3.88. The minimum absolute atomic E-state index is 0.331. The Morgan fingerprint density at radius 2 is 2.00 bits per heavy atom. The Morgan fingerprint density at radius 1 is 1.29 bits per heavy atom. The summed E-state index contributed by atoms with van der Waals surface area (Å²) in [6.07, 6.45) is -2.39. The largest absolute Gasteiger partial charge is 0.416 e. The van der Waals surface area contributed by atoms with Gasteiger partial charge in [0.1, 0.15) is 0 Å². The number of aromatic nitrogens is 2. The molecule has 1 aliphatic heterocycles. The summed E-state index contributed by atoms with van der Waals surface area (Å²) < 4.78 is 39.9. The van der Waals surface area contributed by atoms with Crippen LogP contribution < -0.4 is 5.69 Å². The lowest BCUT2D eigenvalue weighted by Gasteiger charge is -2.21. The Bertz CT molecular complexity index is 698. The van der Waals surface area contributed by atoms with E-state index in [1.54, 1.807) is 0 Å². The highest BCUT2D eigenvalue weighted by atomic mass is 32.2. The minimum Gasteiger partial charge on any atom is -0.306 e. The number of nitrogens with zero attached hydrogens (tertiary/aromatic N) is 1. The first-order valence-electron chi connectivity index (χ1n) is 6.82.